The highest BCUT2D eigenvalue weighted by Crippen LogP contribution is 2.31. The SMILES string of the molecule is NC(=Nc1nn(Cc2nc3cc(C(F)(F)F)ccc3o2)c(=O)c2ccccc12)NCC(=O)O. The molecule has 4 aromatic rings. The van der Waals surface area contributed by atoms with Gasteiger partial charge < -0.3 is 20.6 Å². The maximum atomic E-state index is 12.9. The molecule has 0 radical (unpaired) electrons. The van der Waals surface area contributed by atoms with Crippen LogP contribution in [0.5, 0.6) is 0 Å². The number of carboxylic acid groups (broad SMARTS) is 1. The zero-order valence-corrected chi connectivity index (χ0v) is 16.6. The van der Waals surface area contributed by atoms with Crippen LogP contribution in [-0.4, -0.2) is 38.3 Å². The Labute approximate surface area is 182 Å². The lowest BCUT2D eigenvalue weighted by Crippen LogP contribution is -2.35. The Hall–Kier alpha value is -4.42. The van der Waals surface area contributed by atoms with E-state index in [1.54, 1.807) is 18.2 Å². The van der Waals surface area contributed by atoms with Crippen molar-refractivity contribution in [3.63, 3.8) is 0 Å². The van der Waals surface area contributed by atoms with Gasteiger partial charge in [-0.1, -0.05) is 18.2 Å². The van der Waals surface area contributed by atoms with Gasteiger partial charge in [0.05, 0.1) is 10.9 Å². The third-order valence-corrected chi connectivity index (χ3v) is 4.54. The van der Waals surface area contributed by atoms with Gasteiger partial charge in [-0.05, 0) is 24.3 Å². The van der Waals surface area contributed by atoms with Gasteiger partial charge in [-0.25, -0.2) is 9.67 Å². The number of benzene rings is 2. The standard InChI is InChI=1S/C20H15F3N6O4/c21-20(22,23)10-5-6-14-13(7-10)26-15(33-14)9-29-18(32)12-4-2-1-3-11(12)17(28-29)27-19(24)25-8-16(30)31/h1-7H,8-9H2,(H,30,31)(H3,24,25,27,28). The zero-order valence-electron chi connectivity index (χ0n) is 16.6. The van der Waals surface area contributed by atoms with E-state index in [9.17, 15) is 22.8 Å². The Morgan fingerprint density at radius 2 is 1.94 bits per heavy atom. The molecule has 2 aromatic carbocycles. The van der Waals surface area contributed by atoms with Crippen molar-refractivity contribution < 1.29 is 27.5 Å². The molecule has 2 aromatic heterocycles. The number of hydrogen-bond donors (Lipinski definition) is 3. The minimum atomic E-state index is -4.54. The third-order valence-electron chi connectivity index (χ3n) is 4.54. The van der Waals surface area contributed by atoms with E-state index in [2.05, 4.69) is 20.4 Å². The van der Waals surface area contributed by atoms with Crippen LogP contribution < -0.4 is 16.6 Å². The Kier molecular flexibility index (Phi) is 5.45. The Bertz CT molecular complexity index is 1460. The molecule has 0 aliphatic rings. The number of rotatable bonds is 5. The van der Waals surface area contributed by atoms with Crippen LogP contribution >= 0.6 is 0 Å². The summed E-state index contributed by atoms with van der Waals surface area (Å²) in [6.45, 7) is -0.763. The fourth-order valence-corrected chi connectivity index (χ4v) is 3.07. The summed E-state index contributed by atoms with van der Waals surface area (Å²) in [5.41, 5.74) is 4.42. The highest BCUT2D eigenvalue weighted by molar-refractivity contribution is 5.93. The molecule has 0 atom stereocenters. The maximum absolute atomic E-state index is 12.9. The largest absolute Gasteiger partial charge is 0.480 e. The Morgan fingerprint density at radius 1 is 1.21 bits per heavy atom. The number of aromatic nitrogens is 3. The molecule has 13 heteroatoms. The van der Waals surface area contributed by atoms with Crippen LogP contribution in [0.3, 0.4) is 0 Å². The maximum Gasteiger partial charge on any atom is 0.416 e. The van der Waals surface area contributed by atoms with Crippen molar-refractivity contribution in [2.45, 2.75) is 12.7 Å². The van der Waals surface area contributed by atoms with E-state index < -0.39 is 29.8 Å². The Morgan fingerprint density at radius 3 is 2.64 bits per heavy atom. The summed E-state index contributed by atoms with van der Waals surface area (Å²) in [5, 5.41) is 15.9. The molecule has 0 saturated carbocycles. The van der Waals surface area contributed by atoms with Gasteiger partial charge in [0.15, 0.2) is 17.4 Å². The van der Waals surface area contributed by atoms with E-state index in [-0.39, 0.29) is 40.7 Å². The van der Waals surface area contributed by atoms with Crippen LogP contribution in [0.2, 0.25) is 0 Å². The molecule has 0 spiro atoms. The number of halogens is 3. The predicted octanol–water partition coefficient (Wildman–Crippen LogP) is 2.23. The molecule has 4 N–H and O–H groups in total. The quantitative estimate of drug-likeness (QED) is 0.303. The summed E-state index contributed by atoms with van der Waals surface area (Å²) in [6, 6.07) is 9.29. The predicted molar refractivity (Wildman–Crippen MR) is 111 cm³/mol. The number of carbonyl (C=O) groups is 1. The van der Waals surface area contributed by atoms with Gasteiger partial charge in [-0.15, -0.1) is 5.10 Å². The topological polar surface area (TPSA) is 149 Å². The number of oxazole rings is 1. The fourth-order valence-electron chi connectivity index (χ4n) is 3.07. The molecule has 0 aliphatic carbocycles. The molecule has 0 bridgehead atoms. The van der Waals surface area contributed by atoms with E-state index in [0.717, 1.165) is 22.9 Å². The zero-order chi connectivity index (χ0) is 23.8. The smallest absolute Gasteiger partial charge is 0.416 e. The van der Waals surface area contributed by atoms with Crippen LogP contribution in [0.25, 0.3) is 21.9 Å². The molecular weight excluding hydrogens is 445 g/mol. The minimum absolute atomic E-state index is 0.0194. The fraction of sp³-hybridized carbons (Fsp3) is 0.150. The molecule has 0 aliphatic heterocycles. The van der Waals surface area contributed by atoms with Gasteiger partial charge in [0.25, 0.3) is 5.56 Å². The molecule has 0 saturated heterocycles. The van der Waals surface area contributed by atoms with Gasteiger partial charge in [-0.3, -0.25) is 9.59 Å². The number of aliphatic carboxylic acids is 1. The molecular formula is C20H15F3N6O4. The number of guanidine groups is 1. The van der Waals surface area contributed by atoms with Crippen molar-refractivity contribution in [3.8, 4) is 0 Å². The van der Waals surface area contributed by atoms with Crippen molar-refractivity contribution in [1.29, 1.82) is 0 Å². The molecule has 4 rings (SSSR count). The van der Waals surface area contributed by atoms with Crippen LogP contribution in [0.15, 0.2) is 56.7 Å². The van der Waals surface area contributed by atoms with Crippen LogP contribution in [0, 0.1) is 0 Å². The first-order valence-corrected chi connectivity index (χ1v) is 9.38. The van der Waals surface area contributed by atoms with E-state index in [4.69, 9.17) is 15.3 Å². The average molecular weight is 460 g/mol. The monoisotopic (exact) mass is 460 g/mol. The van der Waals surface area contributed by atoms with Crippen molar-refractivity contribution in [2.75, 3.05) is 6.54 Å². The number of aliphatic imine (C=N–C) groups is 1. The lowest BCUT2D eigenvalue weighted by Gasteiger charge is -2.08. The summed E-state index contributed by atoms with van der Waals surface area (Å²) in [6.07, 6.45) is -4.54. The average Bonchev–Trinajstić information content (AvgIpc) is 3.16. The second-order valence-electron chi connectivity index (χ2n) is 6.86. The third kappa shape index (κ3) is 4.61. The molecule has 2 heterocycles. The second-order valence-corrected chi connectivity index (χ2v) is 6.86. The molecule has 0 fully saturated rings. The van der Waals surface area contributed by atoms with Crippen molar-refractivity contribution in [3.05, 3.63) is 64.3 Å². The normalized spacial score (nSPS) is 12.4. The number of nitrogens with two attached hydrogens (primary N) is 1. The summed E-state index contributed by atoms with van der Waals surface area (Å²) in [7, 11) is 0. The van der Waals surface area contributed by atoms with E-state index in [1.807, 2.05) is 0 Å². The number of carboxylic acids is 1. The minimum Gasteiger partial charge on any atom is -0.480 e. The summed E-state index contributed by atoms with van der Waals surface area (Å²) in [5.74, 6) is -1.40. The van der Waals surface area contributed by atoms with Gasteiger partial charge >= 0.3 is 12.1 Å². The first-order chi connectivity index (χ1) is 15.6. The van der Waals surface area contributed by atoms with E-state index >= 15 is 0 Å². The second kappa shape index (κ2) is 8.26. The summed E-state index contributed by atoms with van der Waals surface area (Å²) in [4.78, 5) is 31.7. The summed E-state index contributed by atoms with van der Waals surface area (Å²) < 4.78 is 45.3. The lowest BCUT2D eigenvalue weighted by atomic mass is 10.2. The van der Waals surface area contributed by atoms with Crippen LogP contribution in [0.4, 0.5) is 19.0 Å². The van der Waals surface area contributed by atoms with Gasteiger partial charge in [-0.2, -0.15) is 18.2 Å². The molecule has 33 heavy (non-hydrogen) atoms. The number of alkyl halides is 3. The number of nitrogens with zero attached hydrogens (tertiary/aromatic N) is 4. The number of nitrogens with one attached hydrogen (secondary N) is 1. The first kappa shape index (κ1) is 21.8. The van der Waals surface area contributed by atoms with E-state index in [1.165, 1.54) is 6.07 Å². The molecule has 170 valence electrons. The number of fused-ring (bicyclic) bond motifs is 2. The van der Waals surface area contributed by atoms with Crippen molar-refractivity contribution >= 4 is 39.6 Å². The van der Waals surface area contributed by atoms with Gasteiger partial charge in [0.2, 0.25) is 5.89 Å². The van der Waals surface area contributed by atoms with Crippen molar-refractivity contribution in [2.24, 2.45) is 10.7 Å². The first-order valence-electron chi connectivity index (χ1n) is 9.38. The van der Waals surface area contributed by atoms with Gasteiger partial charge in [0.1, 0.15) is 18.6 Å². The lowest BCUT2D eigenvalue weighted by molar-refractivity contribution is -0.137. The molecule has 0 amide bonds. The van der Waals surface area contributed by atoms with Crippen molar-refractivity contribution in [1.82, 2.24) is 20.1 Å². The molecule has 0 unspecified atom stereocenters. The van der Waals surface area contributed by atoms with Crippen LogP contribution in [0.1, 0.15) is 11.5 Å². The highest BCUT2D eigenvalue weighted by atomic mass is 19.4. The highest BCUT2D eigenvalue weighted by Gasteiger charge is 2.31. The number of hydrogen-bond acceptors (Lipinski definition) is 6. The van der Waals surface area contributed by atoms with Crippen LogP contribution in [-0.2, 0) is 17.5 Å². The van der Waals surface area contributed by atoms with Gasteiger partial charge in [0, 0.05) is 5.39 Å². The Balaban J connectivity index is 1.75. The summed E-state index contributed by atoms with van der Waals surface area (Å²) >= 11 is 0. The van der Waals surface area contributed by atoms with E-state index in [0.29, 0.717) is 5.39 Å². The molecule has 10 nitrogen and oxygen atoms in total.